The van der Waals surface area contributed by atoms with Gasteiger partial charge in [-0.1, -0.05) is 30.3 Å². The Labute approximate surface area is 184 Å². The third-order valence-corrected chi connectivity index (χ3v) is 6.40. The molecular formula is C23H34N4O2S. The van der Waals surface area contributed by atoms with Crippen LogP contribution >= 0.6 is 11.3 Å². The van der Waals surface area contributed by atoms with E-state index in [4.69, 9.17) is 19.5 Å². The molecule has 2 aromatic rings. The second-order valence-corrected chi connectivity index (χ2v) is 8.55. The van der Waals surface area contributed by atoms with Crippen LogP contribution in [0.15, 0.2) is 35.3 Å². The zero-order valence-corrected chi connectivity index (χ0v) is 19.2. The van der Waals surface area contributed by atoms with Crippen LogP contribution in [0.4, 0.5) is 0 Å². The molecule has 0 radical (unpaired) electrons. The van der Waals surface area contributed by atoms with Crippen molar-refractivity contribution in [2.45, 2.75) is 45.8 Å². The van der Waals surface area contributed by atoms with Crippen molar-refractivity contribution in [3.05, 3.63) is 40.9 Å². The van der Waals surface area contributed by atoms with E-state index in [1.807, 2.05) is 6.07 Å². The molecular weight excluding hydrogens is 396 g/mol. The Morgan fingerprint density at radius 2 is 2.00 bits per heavy atom. The van der Waals surface area contributed by atoms with Crippen LogP contribution in [0.2, 0.25) is 0 Å². The largest absolute Gasteiger partial charge is 0.385 e. The van der Waals surface area contributed by atoms with Gasteiger partial charge in [-0.15, -0.1) is 11.3 Å². The number of rotatable bonds is 9. The molecule has 0 unspecified atom stereocenters. The Hall–Kier alpha value is -1.96. The lowest BCUT2D eigenvalue weighted by atomic mass is 10.1. The minimum Gasteiger partial charge on any atom is -0.385 e. The smallest absolute Gasteiger partial charge is 0.194 e. The number of aliphatic imine (C=N–C) groups is 1. The van der Waals surface area contributed by atoms with E-state index in [-0.39, 0.29) is 0 Å². The molecule has 1 saturated heterocycles. The van der Waals surface area contributed by atoms with E-state index in [2.05, 4.69) is 48.3 Å². The highest BCUT2D eigenvalue weighted by Gasteiger charge is 2.22. The molecule has 1 aromatic carbocycles. The number of hydrogen-bond acceptors (Lipinski definition) is 5. The van der Waals surface area contributed by atoms with Crippen molar-refractivity contribution >= 4 is 17.3 Å². The van der Waals surface area contributed by atoms with Gasteiger partial charge in [-0.05, 0) is 33.1 Å². The predicted molar refractivity (Wildman–Crippen MR) is 124 cm³/mol. The highest BCUT2D eigenvalue weighted by Crippen LogP contribution is 2.28. The highest BCUT2D eigenvalue weighted by molar-refractivity contribution is 7.15. The maximum absolute atomic E-state index is 5.99. The van der Waals surface area contributed by atoms with E-state index in [9.17, 15) is 0 Å². The van der Waals surface area contributed by atoms with Crippen LogP contribution in [0.5, 0.6) is 0 Å². The van der Waals surface area contributed by atoms with Gasteiger partial charge in [0.25, 0.3) is 0 Å². The molecule has 3 rings (SSSR count). The molecule has 0 amide bonds. The van der Waals surface area contributed by atoms with Gasteiger partial charge in [-0.2, -0.15) is 0 Å². The molecule has 6 nitrogen and oxygen atoms in total. The fraction of sp³-hybridized carbons (Fsp3) is 0.565. The van der Waals surface area contributed by atoms with Crippen LogP contribution in [0, 0.1) is 6.92 Å². The summed E-state index contributed by atoms with van der Waals surface area (Å²) in [6.07, 6.45) is 3.38. The number of benzene rings is 1. The van der Waals surface area contributed by atoms with Crippen LogP contribution in [0.1, 0.15) is 36.8 Å². The fourth-order valence-electron chi connectivity index (χ4n) is 3.54. The average molecular weight is 431 g/mol. The molecule has 1 aliphatic rings. The Kier molecular flexibility index (Phi) is 9.11. The molecule has 2 heterocycles. The van der Waals surface area contributed by atoms with E-state index in [1.165, 1.54) is 10.4 Å². The summed E-state index contributed by atoms with van der Waals surface area (Å²) >= 11 is 1.74. The van der Waals surface area contributed by atoms with Gasteiger partial charge in [0.15, 0.2) is 5.96 Å². The Morgan fingerprint density at radius 3 is 2.70 bits per heavy atom. The molecule has 1 N–H and O–H groups in total. The van der Waals surface area contributed by atoms with Gasteiger partial charge in [0.2, 0.25) is 0 Å². The van der Waals surface area contributed by atoms with Gasteiger partial charge in [0.05, 0.1) is 18.3 Å². The van der Waals surface area contributed by atoms with Crippen LogP contribution in [-0.2, 0) is 16.0 Å². The summed E-state index contributed by atoms with van der Waals surface area (Å²) in [6.45, 7) is 9.20. The number of likely N-dealkylation sites (tertiary alicyclic amines) is 1. The van der Waals surface area contributed by atoms with Crippen molar-refractivity contribution < 1.29 is 9.47 Å². The van der Waals surface area contributed by atoms with Crippen molar-refractivity contribution in [1.82, 2.24) is 15.2 Å². The summed E-state index contributed by atoms with van der Waals surface area (Å²) in [5.74, 6) is 0.990. The second kappa shape index (κ2) is 12.0. The zero-order chi connectivity index (χ0) is 21.2. The van der Waals surface area contributed by atoms with Crippen LogP contribution in [-0.4, -0.2) is 61.9 Å². The first-order valence-corrected chi connectivity index (χ1v) is 11.7. The van der Waals surface area contributed by atoms with E-state index in [0.29, 0.717) is 12.6 Å². The van der Waals surface area contributed by atoms with Crippen molar-refractivity contribution in [1.29, 1.82) is 0 Å². The number of aryl methyl sites for hydroxylation is 1. The number of nitrogens with zero attached hydrogens (tertiary/aromatic N) is 3. The van der Waals surface area contributed by atoms with E-state index in [0.717, 1.165) is 68.8 Å². The SMILES string of the molecule is CCNC(=NCc1sc(-c2ccccc2)nc1C)N1CCC(OCCCOC)CC1. The van der Waals surface area contributed by atoms with Crippen LogP contribution < -0.4 is 5.32 Å². The topological polar surface area (TPSA) is 59.0 Å². The lowest BCUT2D eigenvalue weighted by molar-refractivity contribution is 0.00990. The summed E-state index contributed by atoms with van der Waals surface area (Å²) in [5, 5.41) is 4.52. The van der Waals surface area contributed by atoms with Crippen LogP contribution in [0.25, 0.3) is 10.6 Å². The van der Waals surface area contributed by atoms with Gasteiger partial charge in [0.1, 0.15) is 5.01 Å². The lowest BCUT2D eigenvalue weighted by Crippen LogP contribution is -2.47. The molecule has 30 heavy (non-hydrogen) atoms. The van der Waals surface area contributed by atoms with Gasteiger partial charge in [0, 0.05) is 50.4 Å². The Bertz CT molecular complexity index is 786. The number of methoxy groups -OCH3 is 1. The fourth-order valence-corrected chi connectivity index (χ4v) is 4.53. The first-order chi connectivity index (χ1) is 14.7. The first kappa shape index (κ1) is 22.7. The number of hydrogen-bond donors (Lipinski definition) is 1. The summed E-state index contributed by atoms with van der Waals surface area (Å²) < 4.78 is 11.1. The summed E-state index contributed by atoms with van der Waals surface area (Å²) in [5.41, 5.74) is 2.24. The number of thiazole rings is 1. The first-order valence-electron chi connectivity index (χ1n) is 10.9. The molecule has 0 spiro atoms. The van der Waals surface area contributed by atoms with E-state index in [1.54, 1.807) is 18.4 Å². The standard InChI is InChI=1S/C23H34N4O2S/c1-4-24-23(27-13-11-20(12-14-27)29-16-8-15-28-3)25-17-21-18(2)26-22(30-21)19-9-6-5-7-10-19/h5-7,9-10,20H,4,8,11-17H2,1-3H3,(H,24,25). The number of aromatic nitrogens is 1. The number of nitrogens with one attached hydrogen (secondary N) is 1. The van der Waals surface area contributed by atoms with Crippen molar-refractivity contribution in [2.24, 2.45) is 4.99 Å². The van der Waals surface area contributed by atoms with Gasteiger partial charge in [-0.25, -0.2) is 9.98 Å². The third-order valence-electron chi connectivity index (χ3n) is 5.21. The summed E-state index contributed by atoms with van der Waals surface area (Å²) in [6, 6.07) is 10.4. The molecule has 1 aromatic heterocycles. The van der Waals surface area contributed by atoms with Crippen LogP contribution in [0.3, 0.4) is 0 Å². The normalized spacial score (nSPS) is 15.6. The van der Waals surface area contributed by atoms with Crippen molar-refractivity contribution in [3.8, 4) is 10.6 Å². The average Bonchev–Trinajstić information content (AvgIpc) is 3.16. The second-order valence-electron chi connectivity index (χ2n) is 7.47. The molecule has 0 bridgehead atoms. The maximum atomic E-state index is 5.99. The predicted octanol–water partition coefficient (Wildman–Crippen LogP) is 4.10. The third kappa shape index (κ3) is 6.52. The zero-order valence-electron chi connectivity index (χ0n) is 18.4. The number of piperidine rings is 1. The molecule has 1 aliphatic heterocycles. The molecule has 0 aliphatic carbocycles. The maximum Gasteiger partial charge on any atom is 0.194 e. The molecule has 1 fully saturated rings. The molecule has 7 heteroatoms. The Balaban J connectivity index is 1.57. The highest BCUT2D eigenvalue weighted by atomic mass is 32.1. The minimum absolute atomic E-state index is 0.346. The molecule has 0 saturated carbocycles. The summed E-state index contributed by atoms with van der Waals surface area (Å²) in [4.78, 5) is 13.3. The van der Waals surface area contributed by atoms with Gasteiger partial charge < -0.3 is 19.7 Å². The van der Waals surface area contributed by atoms with E-state index < -0.39 is 0 Å². The minimum atomic E-state index is 0.346. The molecule has 164 valence electrons. The van der Waals surface area contributed by atoms with Crippen molar-refractivity contribution in [2.75, 3.05) is 40.0 Å². The lowest BCUT2D eigenvalue weighted by Gasteiger charge is -2.34. The molecule has 0 atom stereocenters. The summed E-state index contributed by atoms with van der Waals surface area (Å²) in [7, 11) is 1.73. The van der Waals surface area contributed by atoms with Gasteiger partial charge in [-0.3, -0.25) is 0 Å². The Morgan fingerprint density at radius 1 is 1.23 bits per heavy atom. The van der Waals surface area contributed by atoms with Gasteiger partial charge >= 0.3 is 0 Å². The van der Waals surface area contributed by atoms with Crippen molar-refractivity contribution in [3.63, 3.8) is 0 Å². The number of ether oxygens (including phenoxy) is 2. The monoisotopic (exact) mass is 430 g/mol. The number of guanidine groups is 1. The quantitative estimate of drug-likeness (QED) is 0.369. The van der Waals surface area contributed by atoms with E-state index >= 15 is 0 Å².